The molecule has 2 nitrogen and oxygen atoms in total. The third-order valence-electron chi connectivity index (χ3n) is 9.32. The van der Waals surface area contributed by atoms with Gasteiger partial charge in [-0.05, 0) is 71.3 Å². The Bertz CT molecular complexity index is 1650. The minimum atomic E-state index is -1.34. The Kier molecular flexibility index (Phi) is 11.4. The topological polar surface area (TPSA) is 25.8 Å². The van der Waals surface area contributed by atoms with Gasteiger partial charge in [0.05, 0.1) is 8.07 Å². The Hall–Kier alpha value is -3.17. The van der Waals surface area contributed by atoms with Gasteiger partial charge in [-0.15, -0.1) is 71.3 Å². The average Bonchev–Trinajstić information content (AvgIpc) is 3.81. The summed E-state index contributed by atoms with van der Waals surface area (Å²) in [6.07, 6.45) is 14.9. The molecule has 3 aromatic carbocycles. The van der Waals surface area contributed by atoms with Crippen molar-refractivity contribution in [1.82, 2.24) is 9.97 Å². The van der Waals surface area contributed by atoms with Crippen LogP contribution in [-0.4, -0.2) is 18.0 Å². The first-order chi connectivity index (χ1) is 21.5. The van der Waals surface area contributed by atoms with Gasteiger partial charge in [0, 0.05) is 32.5 Å². The van der Waals surface area contributed by atoms with Crippen LogP contribution < -0.4 is 5.19 Å². The zero-order chi connectivity index (χ0) is 30.4. The van der Waals surface area contributed by atoms with Gasteiger partial charge in [-0.25, -0.2) is 0 Å². The SMILES string of the molecule is C[Si](C)(C)c1cnc(-c2[c-]cccc2)cc1C1CCCC1.[Ir].[c-]1ccc(C2CCCC2)cc1-c1cc(-c2ccccc2)ccn1. The first kappa shape index (κ1) is 33.2. The number of benzene rings is 3. The van der Waals surface area contributed by atoms with E-state index in [0.29, 0.717) is 0 Å². The third kappa shape index (κ3) is 8.36. The molecule has 233 valence electrons. The number of rotatable bonds is 6. The molecule has 0 unspecified atom stereocenters. The van der Waals surface area contributed by atoms with E-state index in [4.69, 9.17) is 4.98 Å². The van der Waals surface area contributed by atoms with Gasteiger partial charge < -0.3 is 9.97 Å². The largest absolute Gasteiger partial charge is 0.305 e. The van der Waals surface area contributed by atoms with Crippen LogP contribution in [0.2, 0.25) is 19.6 Å². The molecule has 7 rings (SSSR count). The smallest absolute Gasteiger partial charge is 0.0799 e. The molecule has 0 aliphatic heterocycles. The van der Waals surface area contributed by atoms with Crippen LogP contribution in [0.4, 0.5) is 0 Å². The summed E-state index contributed by atoms with van der Waals surface area (Å²) in [5, 5.41) is 1.55. The predicted molar refractivity (Wildman–Crippen MR) is 188 cm³/mol. The molecule has 4 heteroatoms. The standard InChI is InChI=1S/C22H20N.C19H24NSi.Ir/c1-2-7-18(8-3-1)20-13-14-23-22(16-20)21-12-6-11-19(15-21)17-9-4-5-10-17;1-21(2,3)19-14-20-18(16-11-5-4-6-12-16)13-17(19)15-9-7-8-10-15;/h1-3,6-8,11,13-17H,4-5,9-10H2;4-6,11,13-15H,7-10H2,1-3H3;/q2*-1;. The van der Waals surface area contributed by atoms with E-state index >= 15 is 0 Å². The van der Waals surface area contributed by atoms with Crippen LogP contribution in [0.5, 0.6) is 0 Å². The molecule has 1 radical (unpaired) electrons. The van der Waals surface area contributed by atoms with Gasteiger partial charge in [-0.3, -0.25) is 0 Å². The van der Waals surface area contributed by atoms with E-state index in [2.05, 4.69) is 116 Å². The maximum Gasteiger partial charge on any atom is 0.0799 e. The minimum Gasteiger partial charge on any atom is -0.305 e. The summed E-state index contributed by atoms with van der Waals surface area (Å²) >= 11 is 0. The second-order valence-corrected chi connectivity index (χ2v) is 18.5. The summed E-state index contributed by atoms with van der Waals surface area (Å²) in [4.78, 5) is 9.32. The number of pyridine rings is 2. The molecular formula is C41H44IrN2Si-2. The van der Waals surface area contributed by atoms with Gasteiger partial charge >= 0.3 is 0 Å². The molecule has 5 aromatic rings. The molecule has 2 heterocycles. The maximum atomic E-state index is 4.75. The number of hydrogen-bond donors (Lipinski definition) is 0. The second kappa shape index (κ2) is 15.4. The zero-order valence-corrected chi connectivity index (χ0v) is 30.2. The van der Waals surface area contributed by atoms with Crippen molar-refractivity contribution in [3.8, 4) is 33.6 Å². The molecule has 0 atom stereocenters. The molecule has 45 heavy (non-hydrogen) atoms. The van der Waals surface area contributed by atoms with Crippen LogP contribution in [0.1, 0.15) is 74.3 Å². The van der Waals surface area contributed by atoms with Crippen molar-refractivity contribution in [3.05, 3.63) is 127 Å². The number of aromatic nitrogens is 2. The Labute approximate surface area is 285 Å². The monoisotopic (exact) mass is 785 g/mol. The summed E-state index contributed by atoms with van der Waals surface area (Å²) in [5.41, 5.74) is 9.76. The first-order valence-electron chi connectivity index (χ1n) is 16.5. The Morgan fingerprint density at radius 3 is 1.98 bits per heavy atom. The Balaban J connectivity index is 0.000000175. The van der Waals surface area contributed by atoms with Crippen LogP contribution >= 0.6 is 0 Å². The Morgan fingerprint density at radius 2 is 1.29 bits per heavy atom. The molecule has 2 aliphatic rings. The normalized spacial score (nSPS) is 15.3. The van der Waals surface area contributed by atoms with Gasteiger partial charge in [0.25, 0.3) is 0 Å². The van der Waals surface area contributed by atoms with Crippen LogP contribution in [0, 0.1) is 12.1 Å². The predicted octanol–water partition coefficient (Wildman–Crippen LogP) is 10.6. The van der Waals surface area contributed by atoms with Gasteiger partial charge in [0.2, 0.25) is 0 Å². The van der Waals surface area contributed by atoms with Crippen molar-refractivity contribution in [2.45, 2.75) is 82.8 Å². The van der Waals surface area contributed by atoms with Gasteiger partial charge in [-0.2, -0.15) is 0 Å². The zero-order valence-electron chi connectivity index (χ0n) is 26.9. The van der Waals surface area contributed by atoms with Crippen LogP contribution in [0.15, 0.2) is 103 Å². The van der Waals surface area contributed by atoms with Crippen molar-refractivity contribution in [2.24, 2.45) is 0 Å². The molecule has 0 N–H and O–H groups in total. The molecule has 0 saturated heterocycles. The molecule has 0 bridgehead atoms. The summed E-state index contributed by atoms with van der Waals surface area (Å²) in [6, 6.07) is 38.4. The van der Waals surface area contributed by atoms with Crippen molar-refractivity contribution in [1.29, 1.82) is 0 Å². The van der Waals surface area contributed by atoms with Crippen LogP contribution in [0.3, 0.4) is 0 Å². The van der Waals surface area contributed by atoms with Crippen LogP contribution in [-0.2, 0) is 20.1 Å². The van der Waals surface area contributed by atoms with Crippen molar-refractivity contribution < 1.29 is 20.1 Å². The molecule has 0 amide bonds. The van der Waals surface area contributed by atoms with Crippen LogP contribution in [0.25, 0.3) is 33.6 Å². The molecule has 2 aliphatic carbocycles. The van der Waals surface area contributed by atoms with Crippen molar-refractivity contribution >= 4 is 13.3 Å². The Morgan fingerprint density at radius 1 is 0.622 bits per heavy atom. The maximum absolute atomic E-state index is 4.75. The van der Waals surface area contributed by atoms with E-state index < -0.39 is 8.07 Å². The first-order valence-corrected chi connectivity index (χ1v) is 20.0. The van der Waals surface area contributed by atoms with E-state index in [9.17, 15) is 0 Å². The number of nitrogens with zero attached hydrogens (tertiary/aromatic N) is 2. The molecule has 2 saturated carbocycles. The van der Waals surface area contributed by atoms with E-state index in [1.807, 2.05) is 24.4 Å². The molecular weight excluding hydrogens is 741 g/mol. The number of hydrogen-bond acceptors (Lipinski definition) is 2. The fraction of sp³-hybridized carbons (Fsp3) is 0.317. The quantitative estimate of drug-likeness (QED) is 0.127. The van der Waals surface area contributed by atoms with E-state index in [0.717, 1.165) is 34.4 Å². The summed E-state index contributed by atoms with van der Waals surface area (Å²) in [6.45, 7) is 7.28. The second-order valence-electron chi connectivity index (χ2n) is 13.5. The molecule has 0 spiro atoms. The third-order valence-corrected chi connectivity index (χ3v) is 11.4. The minimum absolute atomic E-state index is 0. The summed E-state index contributed by atoms with van der Waals surface area (Å²) in [5.74, 6) is 1.47. The van der Waals surface area contributed by atoms with E-state index in [1.54, 1.807) is 10.8 Å². The van der Waals surface area contributed by atoms with Gasteiger partial charge in [0.15, 0.2) is 0 Å². The van der Waals surface area contributed by atoms with Crippen molar-refractivity contribution in [2.75, 3.05) is 0 Å². The van der Waals surface area contributed by atoms with Gasteiger partial charge in [0.1, 0.15) is 0 Å². The van der Waals surface area contributed by atoms with E-state index in [-0.39, 0.29) is 20.1 Å². The summed E-state index contributed by atoms with van der Waals surface area (Å²) in [7, 11) is -1.34. The molecule has 2 fully saturated rings. The van der Waals surface area contributed by atoms with Gasteiger partial charge in [-0.1, -0.05) is 93.4 Å². The summed E-state index contributed by atoms with van der Waals surface area (Å²) < 4.78 is 0. The molecule has 2 aromatic heterocycles. The van der Waals surface area contributed by atoms with Crippen molar-refractivity contribution in [3.63, 3.8) is 0 Å². The van der Waals surface area contributed by atoms with E-state index in [1.165, 1.54) is 68.1 Å². The average molecular weight is 785 g/mol. The fourth-order valence-corrected chi connectivity index (χ4v) is 8.50. The fourth-order valence-electron chi connectivity index (χ4n) is 6.91.